The first-order chi connectivity index (χ1) is 9.63. The lowest BCUT2D eigenvalue weighted by molar-refractivity contribution is 0.202. The van der Waals surface area contributed by atoms with Gasteiger partial charge in [0.25, 0.3) is 0 Å². The molecule has 0 aromatic heterocycles. The number of fused-ring (bicyclic) bond motifs is 1. The van der Waals surface area contributed by atoms with Crippen molar-refractivity contribution in [3.05, 3.63) is 53.1 Å². The van der Waals surface area contributed by atoms with Gasteiger partial charge in [-0.25, -0.2) is 0 Å². The van der Waals surface area contributed by atoms with Crippen molar-refractivity contribution in [3.63, 3.8) is 0 Å². The van der Waals surface area contributed by atoms with Gasteiger partial charge in [-0.1, -0.05) is 12.1 Å². The van der Waals surface area contributed by atoms with Gasteiger partial charge in [0, 0.05) is 37.2 Å². The summed E-state index contributed by atoms with van der Waals surface area (Å²) >= 11 is 0. The number of nitrogens with zero attached hydrogens (tertiary/aromatic N) is 1. The van der Waals surface area contributed by atoms with Crippen LogP contribution in [-0.4, -0.2) is 26.8 Å². The number of piperidine rings is 1. The Morgan fingerprint density at radius 3 is 2.60 bits per heavy atom. The monoisotopic (exact) mass is 273 g/mol. The van der Waals surface area contributed by atoms with Crippen molar-refractivity contribution in [2.45, 2.75) is 25.8 Å². The van der Waals surface area contributed by atoms with E-state index in [0.29, 0.717) is 12.3 Å². The van der Waals surface area contributed by atoms with Crippen molar-refractivity contribution < 1.29 is 15.3 Å². The van der Waals surface area contributed by atoms with Gasteiger partial charge in [-0.15, -0.1) is 0 Å². The number of aromatic hydroxyl groups is 1. The third kappa shape index (κ3) is 2.46. The second kappa shape index (κ2) is 5.12. The highest BCUT2D eigenvalue weighted by Gasteiger charge is 2.30. The van der Waals surface area contributed by atoms with Gasteiger partial charge in [-0.3, -0.25) is 0 Å². The molecule has 1 fully saturated rings. The van der Waals surface area contributed by atoms with Crippen LogP contribution in [0.4, 0.5) is 0 Å². The zero-order valence-corrected chi connectivity index (χ0v) is 11.3. The van der Waals surface area contributed by atoms with Gasteiger partial charge in [0.15, 0.2) is 5.76 Å². The summed E-state index contributed by atoms with van der Waals surface area (Å²) in [4.78, 5) is 2.25. The highest BCUT2D eigenvalue weighted by Crippen LogP contribution is 2.36. The molecular weight excluding hydrogens is 254 g/mol. The van der Waals surface area contributed by atoms with Gasteiger partial charge in [0.1, 0.15) is 11.5 Å². The molecule has 4 nitrogen and oxygen atoms in total. The average Bonchev–Trinajstić information content (AvgIpc) is 2.43. The van der Waals surface area contributed by atoms with Crippen molar-refractivity contribution >= 4 is 0 Å². The molecule has 0 spiro atoms. The summed E-state index contributed by atoms with van der Waals surface area (Å²) in [5.41, 5.74) is 2.24. The summed E-state index contributed by atoms with van der Waals surface area (Å²) in [5.74, 6) is 0.670. The minimum absolute atomic E-state index is 0.00569. The van der Waals surface area contributed by atoms with E-state index in [2.05, 4.69) is 4.90 Å². The third-order valence-electron chi connectivity index (χ3n) is 4.09. The van der Waals surface area contributed by atoms with E-state index in [4.69, 9.17) is 0 Å². The predicted molar refractivity (Wildman–Crippen MR) is 76.2 cm³/mol. The molecule has 20 heavy (non-hydrogen) atoms. The van der Waals surface area contributed by atoms with Crippen molar-refractivity contribution in [2.24, 2.45) is 5.92 Å². The van der Waals surface area contributed by atoms with Crippen LogP contribution in [0, 0.1) is 5.92 Å². The van der Waals surface area contributed by atoms with Crippen LogP contribution in [0.15, 0.2) is 47.6 Å². The van der Waals surface area contributed by atoms with Crippen LogP contribution in [0.3, 0.4) is 0 Å². The number of phenolic OH excluding ortho intramolecular Hbond substituents is 1. The molecular formula is C16H19NO3. The Morgan fingerprint density at radius 2 is 1.85 bits per heavy atom. The average molecular weight is 273 g/mol. The number of rotatable bonds is 2. The maximum Gasteiger partial charge on any atom is 0.154 e. The molecule has 1 aromatic carbocycles. The van der Waals surface area contributed by atoms with E-state index in [-0.39, 0.29) is 17.3 Å². The smallest absolute Gasteiger partial charge is 0.154 e. The van der Waals surface area contributed by atoms with Crippen molar-refractivity contribution in [3.8, 4) is 5.75 Å². The topological polar surface area (TPSA) is 63.9 Å². The molecule has 1 aromatic rings. The molecule has 1 aliphatic heterocycles. The number of likely N-dealkylation sites (tertiary alicyclic amines) is 1. The molecule has 3 N–H and O–H groups in total. The van der Waals surface area contributed by atoms with E-state index in [0.717, 1.165) is 37.2 Å². The second-order valence-electron chi connectivity index (χ2n) is 5.53. The maximum atomic E-state index is 9.73. The molecule has 0 radical (unpaired) electrons. The molecule has 2 aliphatic rings. The summed E-state index contributed by atoms with van der Waals surface area (Å²) in [5, 5.41) is 28.7. The van der Waals surface area contributed by atoms with Crippen molar-refractivity contribution in [2.75, 3.05) is 6.54 Å². The summed E-state index contributed by atoms with van der Waals surface area (Å²) in [6.45, 7) is 1.72. The zero-order valence-electron chi connectivity index (χ0n) is 11.3. The Bertz CT molecular complexity index is 560. The van der Waals surface area contributed by atoms with Crippen LogP contribution >= 0.6 is 0 Å². The molecule has 4 heteroatoms. The van der Waals surface area contributed by atoms with E-state index in [1.165, 1.54) is 0 Å². The number of benzene rings is 1. The third-order valence-corrected chi connectivity index (χ3v) is 4.09. The van der Waals surface area contributed by atoms with E-state index in [9.17, 15) is 15.3 Å². The number of aliphatic hydroxyl groups is 2. The highest BCUT2D eigenvalue weighted by atomic mass is 16.3. The summed E-state index contributed by atoms with van der Waals surface area (Å²) in [7, 11) is 0. The summed E-state index contributed by atoms with van der Waals surface area (Å²) in [6, 6.07) is 7.20. The highest BCUT2D eigenvalue weighted by molar-refractivity contribution is 5.30. The van der Waals surface area contributed by atoms with Crippen LogP contribution < -0.4 is 0 Å². The van der Waals surface area contributed by atoms with Crippen LogP contribution in [0.1, 0.15) is 24.8 Å². The molecule has 1 heterocycles. The van der Waals surface area contributed by atoms with Gasteiger partial charge >= 0.3 is 0 Å². The van der Waals surface area contributed by atoms with Crippen LogP contribution in [0.2, 0.25) is 0 Å². The first-order valence-corrected chi connectivity index (χ1v) is 6.99. The number of hydrogen-bond acceptors (Lipinski definition) is 4. The Kier molecular flexibility index (Phi) is 3.30. The molecule has 0 bridgehead atoms. The summed E-state index contributed by atoms with van der Waals surface area (Å²) < 4.78 is 0. The molecule has 0 saturated carbocycles. The molecule has 3 rings (SSSR count). The standard InChI is InChI=1S/C16H19NO3/c18-13-5-3-11(4-6-13)10-17-7-1-2-12-8-15(19)16(20)9-14(12)17/h3-6,9,12,18-20H,1-2,7-8,10H2/t12-/m0/s1. The van der Waals surface area contributed by atoms with Gasteiger partial charge in [0.2, 0.25) is 0 Å². The van der Waals surface area contributed by atoms with Gasteiger partial charge in [0.05, 0.1) is 0 Å². The summed E-state index contributed by atoms with van der Waals surface area (Å²) in [6.07, 6.45) is 4.37. The fourth-order valence-corrected chi connectivity index (χ4v) is 3.03. The van der Waals surface area contributed by atoms with Crippen molar-refractivity contribution in [1.82, 2.24) is 4.90 Å². The quantitative estimate of drug-likeness (QED) is 0.774. The second-order valence-corrected chi connectivity index (χ2v) is 5.53. The van der Waals surface area contributed by atoms with Gasteiger partial charge in [-0.05, 0) is 30.5 Å². The van der Waals surface area contributed by atoms with E-state index in [1.54, 1.807) is 18.2 Å². The normalized spacial score (nSPS) is 22.5. The van der Waals surface area contributed by atoms with E-state index in [1.807, 2.05) is 12.1 Å². The SMILES string of the molecule is OC1=C(O)C[C@@H]2CCCN(Cc3ccc(O)cc3)C2=C1. The Labute approximate surface area is 118 Å². The minimum atomic E-state index is -0.00569. The first kappa shape index (κ1) is 12.9. The Hall–Kier alpha value is -2.10. The lowest BCUT2D eigenvalue weighted by Crippen LogP contribution is -2.34. The maximum absolute atomic E-state index is 9.73. The van der Waals surface area contributed by atoms with E-state index >= 15 is 0 Å². The molecule has 106 valence electrons. The first-order valence-electron chi connectivity index (χ1n) is 6.99. The Morgan fingerprint density at radius 1 is 1.10 bits per heavy atom. The Balaban J connectivity index is 1.82. The minimum Gasteiger partial charge on any atom is -0.508 e. The predicted octanol–water partition coefficient (Wildman–Crippen LogP) is 3.22. The number of allylic oxidation sites excluding steroid dienone is 3. The number of aliphatic hydroxyl groups excluding tert-OH is 2. The number of hydrogen-bond donors (Lipinski definition) is 3. The molecule has 1 saturated heterocycles. The van der Waals surface area contributed by atoms with Gasteiger partial charge in [-0.2, -0.15) is 0 Å². The lowest BCUT2D eigenvalue weighted by Gasteiger charge is -2.39. The number of phenols is 1. The van der Waals surface area contributed by atoms with Crippen molar-refractivity contribution in [1.29, 1.82) is 0 Å². The molecule has 1 atom stereocenters. The van der Waals surface area contributed by atoms with E-state index < -0.39 is 0 Å². The van der Waals surface area contributed by atoms with Crippen LogP contribution in [0.25, 0.3) is 0 Å². The fourth-order valence-electron chi connectivity index (χ4n) is 3.03. The molecule has 1 aliphatic carbocycles. The largest absolute Gasteiger partial charge is 0.508 e. The zero-order chi connectivity index (χ0) is 14.1. The molecule has 0 unspecified atom stereocenters. The fraction of sp³-hybridized carbons (Fsp3) is 0.375. The molecule has 0 amide bonds. The van der Waals surface area contributed by atoms with Crippen LogP contribution in [0.5, 0.6) is 5.75 Å². The lowest BCUT2D eigenvalue weighted by atomic mass is 9.86. The van der Waals surface area contributed by atoms with Crippen LogP contribution in [-0.2, 0) is 6.54 Å². The van der Waals surface area contributed by atoms with Gasteiger partial charge < -0.3 is 20.2 Å².